The molecule has 2 fully saturated rings. The summed E-state index contributed by atoms with van der Waals surface area (Å²) in [5.41, 5.74) is 0.394. The largest absolute Gasteiger partial charge is 0.478 e. The molecule has 2 atom stereocenters. The number of fused-ring (bicyclic) bond motifs is 1. The smallest absolute Gasteiger partial charge is 0.338 e. The molecule has 1 aromatic carbocycles. The second kappa shape index (κ2) is 5.40. The van der Waals surface area contributed by atoms with Gasteiger partial charge >= 0.3 is 5.97 Å². The normalized spacial score (nSPS) is 26.2. The van der Waals surface area contributed by atoms with Crippen molar-refractivity contribution in [1.82, 2.24) is 4.90 Å². The zero-order valence-electron chi connectivity index (χ0n) is 11.3. The van der Waals surface area contributed by atoms with Crippen LogP contribution in [0.4, 0.5) is 10.1 Å². The Morgan fingerprint density at radius 2 is 2.20 bits per heavy atom. The number of aromatic carboxylic acids is 1. The van der Waals surface area contributed by atoms with E-state index in [0.29, 0.717) is 17.8 Å². The molecule has 0 aromatic heterocycles. The van der Waals surface area contributed by atoms with Crippen LogP contribution in [0.1, 0.15) is 36.0 Å². The fourth-order valence-corrected chi connectivity index (χ4v) is 3.37. The number of carboxylic acids is 1. The Morgan fingerprint density at radius 3 is 2.95 bits per heavy atom. The van der Waals surface area contributed by atoms with E-state index in [-0.39, 0.29) is 5.56 Å². The average Bonchev–Trinajstić information content (AvgIpc) is 2.85. The van der Waals surface area contributed by atoms with Crippen LogP contribution < -0.4 is 5.32 Å². The highest BCUT2D eigenvalue weighted by Gasteiger charge is 2.31. The maximum Gasteiger partial charge on any atom is 0.338 e. The minimum Gasteiger partial charge on any atom is -0.478 e. The predicted molar refractivity (Wildman–Crippen MR) is 74.6 cm³/mol. The first kappa shape index (κ1) is 13.4. The molecule has 4 nitrogen and oxygen atoms in total. The van der Waals surface area contributed by atoms with E-state index in [1.54, 1.807) is 6.07 Å². The van der Waals surface area contributed by atoms with Crippen LogP contribution in [0.3, 0.4) is 0 Å². The predicted octanol–water partition coefficient (Wildman–Crippen LogP) is 2.56. The number of hydrogen-bond acceptors (Lipinski definition) is 3. The highest BCUT2D eigenvalue weighted by Crippen LogP contribution is 2.28. The fraction of sp³-hybridized carbons (Fsp3) is 0.533. The van der Waals surface area contributed by atoms with Crippen LogP contribution in [-0.4, -0.2) is 41.1 Å². The Morgan fingerprint density at radius 1 is 1.35 bits per heavy atom. The van der Waals surface area contributed by atoms with Gasteiger partial charge < -0.3 is 15.3 Å². The lowest BCUT2D eigenvalue weighted by molar-refractivity contribution is 0.0692. The summed E-state index contributed by atoms with van der Waals surface area (Å²) >= 11 is 0. The van der Waals surface area contributed by atoms with E-state index in [9.17, 15) is 9.18 Å². The number of rotatable bonds is 3. The number of halogens is 1. The third kappa shape index (κ3) is 2.63. The Hall–Kier alpha value is -1.62. The lowest BCUT2D eigenvalue weighted by Gasteiger charge is -2.35. The van der Waals surface area contributed by atoms with Gasteiger partial charge in [0.15, 0.2) is 0 Å². The molecule has 2 aliphatic heterocycles. The van der Waals surface area contributed by atoms with Crippen LogP contribution in [0.15, 0.2) is 18.2 Å². The SMILES string of the molecule is O=C(O)c1ccc(NC2CCN3CCCC3C2)cc1F. The molecule has 2 saturated heterocycles. The van der Waals surface area contributed by atoms with Crippen molar-refractivity contribution in [2.24, 2.45) is 0 Å². The summed E-state index contributed by atoms with van der Waals surface area (Å²) < 4.78 is 13.6. The second-order valence-electron chi connectivity index (χ2n) is 5.70. The van der Waals surface area contributed by atoms with E-state index >= 15 is 0 Å². The number of carboxylic acid groups (broad SMARTS) is 1. The van der Waals surface area contributed by atoms with Crippen LogP contribution in [0.2, 0.25) is 0 Å². The number of benzene rings is 1. The third-order valence-corrected chi connectivity index (χ3v) is 4.39. The number of piperidine rings is 1. The van der Waals surface area contributed by atoms with E-state index < -0.39 is 11.8 Å². The molecular weight excluding hydrogens is 259 g/mol. The van der Waals surface area contributed by atoms with Crippen molar-refractivity contribution < 1.29 is 14.3 Å². The van der Waals surface area contributed by atoms with Crippen molar-refractivity contribution in [2.75, 3.05) is 18.4 Å². The quantitative estimate of drug-likeness (QED) is 0.892. The lowest BCUT2D eigenvalue weighted by atomic mass is 9.97. The van der Waals surface area contributed by atoms with Crippen molar-refractivity contribution in [3.63, 3.8) is 0 Å². The molecule has 1 aromatic rings. The van der Waals surface area contributed by atoms with Crippen molar-refractivity contribution in [3.8, 4) is 0 Å². The molecule has 20 heavy (non-hydrogen) atoms. The minimum atomic E-state index is -1.23. The molecule has 3 rings (SSSR count). The highest BCUT2D eigenvalue weighted by atomic mass is 19.1. The highest BCUT2D eigenvalue weighted by molar-refractivity contribution is 5.88. The zero-order valence-corrected chi connectivity index (χ0v) is 11.3. The van der Waals surface area contributed by atoms with Gasteiger partial charge in [0, 0.05) is 24.3 Å². The van der Waals surface area contributed by atoms with Crippen LogP contribution in [0.5, 0.6) is 0 Å². The van der Waals surface area contributed by atoms with E-state index in [1.807, 2.05) is 0 Å². The summed E-state index contributed by atoms with van der Waals surface area (Å²) in [7, 11) is 0. The molecule has 2 heterocycles. The Labute approximate surface area is 117 Å². The monoisotopic (exact) mass is 278 g/mol. The van der Waals surface area contributed by atoms with Crippen molar-refractivity contribution in [3.05, 3.63) is 29.6 Å². The van der Waals surface area contributed by atoms with Crippen LogP contribution in [0.25, 0.3) is 0 Å². The van der Waals surface area contributed by atoms with E-state index in [2.05, 4.69) is 10.2 Å². The summed E-state index contributed by atoms with van der Waals surface area (Å²) in [4.78, 5) is 13.3. The van der Waals surface area contributed by atoms with Crippen molar-refractivity contribution >= 4 is 11.7 Å². The van der Waals surface area contributed by atoms with Gasteiger partial charge in [0.25, 0.3) is 0 Å². The lowest BCUT2D eigenvalue weighted by Crippen LogP contribution is -2.42. The molecule has 0 radical (unpaired) electrons. The van der Waals surface area contributed by atoms with Crippen molar-refractivity contribution in [1.29, 1.82) is 0 Å². The molecule has 5 heteroatoms. The van der Waals surface area contributed by atoms with Crippen LogP contribution in [-0.2, 0) is 0 Å². The zero-order chi connectivity index (χ0) is 14.1. The van der Waals surface area contributed by atoms with E-state index in [4.69, 9.17) is 5.11 Å². The van der Waals surface area contributed by atoms with Crippen LogP contribution in [0, 0.1) is 5.82 Å². The van der Waals surface area contributed by atoms with Gasteiger partial charge in [0.05, 0.1) is 5.56 Å². The Balaban J connectivity index is 1.66. The molecule has 2 unspecified atom stereocenters. The maximum absolute atomic E-state index is 13.6. The minimum absolute atomic E-state index is 0.277. The number of nitrogens with one attached hydrogen (secondary N) is 1. The topological polar surface area (TPSA) is 52.6 Å². The molecular formula is C15H19FN2O2. The molecule has 0 bridgehead atoms. The van der Waals surface area contributed by atoms with E-state index in [1.165, 1.54) is 31.5 Å². The van der Waals surface area contributed by atoms with Gasteiger partial charge in [-0.1, -0.05) is 0 Å². The molecule has 2 N–H and O–H groups in total. The molecule has 0 amide bonds. The van der Waals surface area contributed by atoms with Gasteiger partial charge in [-0.25, -0.2) is 9.18 Å². The molecule has 0 spiro atoms. The van der Waals surface area contributed by atoms with Gasteiger partial charge in [-0.15, -0.1) is 0 Å². The van der Waals surface area contributed by atoms with E-state index in [0.717, 1.165) is 19.4 Å². The fourth-order valence-electron chi connectivity index (χ4n) is 3.37. The van der Waals surface area contributed by atoms with Crippen molar-refractivity contribution in [2.45, 2.75) is 37.8 Å². The third-order valence-electron chi connectivity index (χ3n) is 4.39. The number of anilines is 1. The van der Waals surface area contributed by atoms with Crippen LogP contribution >= 0.6 is 0 Å². The first-order valence-electron chi connectivity index (χ1n) is 7.17. The average molecular weight is 278 g/mol. The summed E-state index contributed by atoms with van der Waals surface area (Å²) in [6.07, 6.45) is 4.67. The number of nitrogens with zero attached hydrogens (tertiary/aromatic N) is 1. The molecule has 108 valence electrons. The Bertz CT molecular complexity index is 521. The first-order valence-corrected chi connectivity index (χ1v) is 7.17. The summed E-state index contributed by atoms with van der Waals surface area (Å²) in [5, 5.41) is 12.2. The molecule has 2 aliphatic rings. The van der Waals surface area contributed by atoms with Gasteiger partial charge in [0.1, 0.15) is 5.82 Å². The Kier molecular flexibility index (Phi) is 3.61. The standard InChI is InChI=1S/C15H19FN2O2/c16-14-9-10(3-4-13(14)15(19)20)17-11-5-7-18-6-1-2-12(18)8-11/h3-4,9,11-12,17H,1-2,5-8H2,(H,19,20). The van der Waals surface area contributed by atoms with Gasteiger partial charge in [0.2, 0.25) is 0 Å². The first-order chi connectivity index (χ1) is 9.63. The number of hydrogen-bond donors (Lipinski definition) is 2. The summed E-state index contributed by atoms with van der Waals surface area (Å²) in [5.74, 6) is -1.91. The molecule has 0 saturated carbocycles. The molecule has 0 aliphatic carbocycles. The second-order valence-corrected chi connectivity index (χ2v) is 5.70. The van der Waals surface area contributed by atoms with Gasteiger partial charge in [-0.05, 0) is 50.4 Å². The van der Waals surface area contributed by atoms with Gasteiger partial charge in [-0.2, -0.15) is 0 Å². The summed E-state index contributed by atoms with van der Waals surface area (Å²) in [6, 6.07) is 5.26. The maximum atomic E-state index is 13.6. The number of carbonyl (C=O) groups is 1. The van der Waals surface area contributed by atoms with Gasteiger partial charge in [-0.3, -0.25) is 0 Å². The summed E-state index contributed by atoms with van der Waals surface area (Å²) in [6.45, 7) is 2.30.